The van der Waals surface area contributed by atoms with Crippen molar-refractivity contribution in [3.05, 3.63) is 38.3 Å². The maximum Gasteiger partial charge on any atom is 0.195 e. The number of hydrogen-bond donors (Lipinski definition) is 1. The van der Waals surface area contributed by atoms with Gasteiger partial charge < -0.3 is 9.30 Å². The molecule has 1 N–H and O–H groups in total. The summed E-state index contributed by atoms with van der Waals surface area (Å²) in [5.41, 5.74) is 2.20. The zero-order chi connectivity index (χ0) is 14.0. The number of benzene rings is 1. The van der Waals surface area contributed by atoms with Crippen LogP contribution in [0.2, 0.25) is 0 Å². The molecule has 0 aliphatic heterocycles. The molecule has 102 valence electrons. The van der Waals surface area contributed by atoms with Gasteiger partial charge in [0, 0.05) is 11.0 Å². The van der Waals surface area contributed by atoms with E-state index in [-0.39, 0.29) is 0 Å². The summed E-state index contributed by atoms with van der Waals surface area (Å²) in [6.45, 7) is 7.29. The lowest BCUT2D eigenvalue weighted by Gasteiger charge is -2.12. The number of aromatic nitrogens is 3. The Morgan fingerprint density at radius 3 is 2.58 bits per heavy atom. The van der Waals surface area contributed by atoms with E-state index in [9.17, 15) is 0 Å². The molecule has 1 aromatic heterocycles. The topological polar surface area (TPSA) is 42.8 Å². The van der Waals surface area contributed by atoms with Crippen LogP contribution in [0.3, 0.4) is 0 Å². The van der Waals surface area contributed by atoms with E-state index >= 15 is 0 Å². The smallest absolute Gasteiger partial charge is 0.195 e. The molecule has 2 rings (SSSR count). The molecule has 0 aliphatic carbocycles. The van der Waals surface area contributed by atoms with Crippen molar-refractivity contribution in [2.75, 3.05) is 0 Å². The van der Waals surface area contributed by atoms with Gasteiger partial charge in [0.05, 0.1) is 0 Å². The third-order valence-corrected chi connectivity index (χ3v) is 3.69. The number of nitrogens with one attached hydrogen (secondary N) is 1. The highest BCUT2D eigenvalue weighted by molar-refractivity contribution is 9.10. The van der Waals surface area contributed by atoms with Crippen molar-refractivity contribution >= 4 is 28.1 Å². The van der Waals surface area contributed by atoms with Crippen molar-refractivity contribution in [1.29, 1.82) is 0 Å². The molecule has 0 bridgehead atoms. The molecule has 6 heteroatoms. The number of nitrogens with zero attached hydrogens (tertiary/aromatic N) is 2. The van der Waals surface area contributed by atoms with Crippen LogP contribution in [0, 0.1) is 18.6 Å². The molecular weight excluding hydrogens is 326 g/mol. The number of H-pyrrole nitrogens is 1. The highest BCUT2D eigenvalue weighted by atomic mass is 79.9. The predicted molar refractivity (Wildman–Crippen MR) is 81.0 cm³/mol. The van der Waals surface area contributed by atoms with Crippen LogP contribution in [-0.4, -0.2) is 14.8 Å². The van der Waals surface area contributed by atoms with Crippen LogP contribution < -0.4 is 4.74 Å². The van der Waals surface area contributed by atoms with Crippen molar-refractivity contribution in [2.45, 2.75) is 33.9 Å². The van der Waals surface area contributed by atoms with Crippen LogP contribution in [0.25, 0.3) is 0 Å². The first-order chi connectivity index (χ1) is 9.02. The summed E-state index contributed by atoms with van der Waals surface area (Å²) < 4.78 is 9.51. The van der Waals surface area contributed by atoms with Crippen molar-refractivity contribution in [3.63, 3.8) is 0 Å². The Hall–Kier alpha value is -1.14. The lowest BCUT2D eigenvalue weighted by molar-refractivity contribution is 0.285. The Bertz CT molecular complexity index is 625. The number of ether oxygens (including phenoxy) is 1. The summed E-state index contributed by atoms with van der Waals surface area (Å²) in [4.78, 5) is 0. The van der Waals surface area contributed by atoms with Crippen molar-refractivity contribution in [1.82, 2.24) is 14.8 Å². The van der Waals surface area contributed by atoms with Gasteiger partial charge in [0.1, 0.15) is 12.4 Å². The van der Waals surface area contributed by atoms with E-state index in [0.29, 0.717) is 11.4 Å². The first-order valence-corrected chi connectivity index (χ1v) is 7.26. The van der Waals surface area contributed by atoms with E-state index in [0.717, 1.165) is 33.7 Å². The second kappa shape index (κ2) is 5.88. The molecule has 0 saturated carbocycles. The number of halogens is 1. The molecule has 0 amide bonds. The van der Waals surface area contributed by atoms with E-state index in [1.54, 1.807) is 0 Å². The minimum Gasteiger partial charge on any atom is -0.485 e. The van der Waals surface area contributed by atoms with Crippen molar-refractivity contribution in [3.8, 4) is 5.75 Å². The zero-order valence-electron chi connectivity index (χ0n) is 11.2. The van der Waals surface area contributed by atoms with E-state index in [1.807, 2.05) is 37.5 Å². The van der Waals surface area contributed by atoms with Crippen LogP contribution in [0.5, 0.6) is 5.75 Å². The number of aromatic amines is 1. The highest BCUT2D eigenvalue weighted by Crippen LogP contribution is 2.27. The molecule has 19 heavy (non-hydrogen) atoms. The minimum atomic E-state index is 0.407. The van der Waals surface area contributed by atoms with Crippen LogP contribution in [0.15, 0.2) is 16.6 Å². The van der Waals surface area contributed by atoms with E-state index in [1.165, 1.54) is 0 Å². The monoisotopic (exact) mass is 341 g/mol. The fraction of sp³-hybridized carbons (Fsp3) is 0.385. The summed E-state index contributed by atoms with van der Waals surface area (Å²) in [6, 6.07) is 4.08. The predicted octanol–water partition coefficient (Wildman–Crippen LogP) is 3.92. The Balaban J connectivity index is 2.21. The molecule has 4 nitrogen and oxygen atoms in total. The van der Waals surface area contributed by atoms with Crippen molar-refractivity contribution < 1.29 is 4.74 Å². The van der Waals surface area contributed by atoms with Gasteiger partial charge in [-0.1, -0.05) is 15.9 Å². The van der Waals surface area contributed by atoms with Gasteiger partial charge in [-0.2, -0.15) is 5.10 Å². The average Bonchev–Trinajstić information content (AvgIpc) is 2.68. The van der Waals surface area contributed by atoms with Crippen LogP contribution >= 0.6 is 28.1 Å². The fourth-order valence-electron chi connectivity index (χ4n) is 2.05. The molecule has 0 fully saturated rings. The van der Waals surface area contributed by atoms with Crippen LogP contribution in [-0.2, 0) is 13.2 Å². The Labute approximate surface area is 125 Å². The first-order valence-electron chi connectivity index (χ1n) is 6.06. The van der Waals surface area contributed by atoms with Gasteiger partial charge in [-0.05, 0) is 56.2 Å². The molecule has 0 unspecified atom stereocenters. The van der Waals surface area contributed by atoms with E-state index in [2.05, 4.69) is 26.1 Å². The highest BCUT2D eigenvalue weighted by Gasteiger charge is 2.09. The van der Waals surface area contributed by atoms with Gasteiger partial charge >= 0.3 is 0 Å². The van der Waals surface area contributed by atoms with Gasteiger partial charge in [0.2, 0.25) is 0 Å². The fourth-order valence-corrected chi connectivity index (χ4v) is 3.02. The number of aryl methyl sites for hydroxylation is 2. The summed E-state index contributed by atoms with van der Waals surface area (Å²) >= 11 is 8.63. The average molecular weight is 342 g/mol. The minimum absolute atomic E-state index is 0.407. The summed E-state index contributed by atoms with van der Waals surface area (Å²) in [5, 5.41) is 6.98. The van der Waals surface area contributed by atoms with Gasteiger partial charge in [0.15, 0.2) is 10.6 Å². The number of rotatable bonds is 4. The first kappa shape index (κ1) is 14.3. The Kier molecular flexibility index (Phi) is 4.42. The van der Waals surface area contributed by atoms with E-state index < -0.39 is 0 Å². The second-order valence-electron chi connectivity index (χ2n) is 4.35. The molecule has 0 atom stereocenters. The molecule has 0 aliphatic rings. The summed E-state index contributed by atoms with van der Waals surface area (Å²) in [5.74, 6) is 1.72. The third kappa shape index (κ3) is 3.06. The molecule has 0 spiro atoms. The van der Waals surface area contributed by atoms with Gasteiger partial charge in [-0.3, -0.25) is 5.10 Å². The summed E-state index contributed by atoms with van der Waals surface area (Å²) in [7, 11) is 0. The third-order valence-electron chi connectivity index (χ3n) is 2.92. The van der Waals surface area contributed by atoms with Crippen molar-refractivity contribution in [2.24, 2.45) is 0 Å². The molecule has 1 aromatic carbocycles. The van der Waals surface area contributed by atoms with Crippen LogP contribution in [0.1, 0.15) is 23.9 Å². The van der Waals surface area contributed by atoms with Gasteiger partial charge in [0.25, 0.3) is 0 Å². The largest absolute Gasteiger partial charge is 0.485 e. The molecule has 1 heterocycles. The maximum absolute atomic E-state index is 5.89. The van der Waals surface area contributed by atoms with Gasteiger partial charge in [-0.25, -0.2) is 0 Å². The van der Waals surface area contributed by atoms with Gasteiger partial charge in [-0.15, -0.1) is 0 Å². The Morgan fingerprint density at radius 2 is 2.00 bits per heavy atom. The number of hydrogen-bond acceptors (Lipinski definition) is 3. The lowest BCUT2D eigenvalue weighted by Crippen LogP contribution is -2.07. The quantitative estimate of drug-likeness (QED) is 0.857. The summed E-state index contributed by atoms with van der Waals surface area (Å²) in [6.07, 6.45) is 0. The molecular formula is C13H16BrN3OS. The molecule has 2 aromatic rings. The van der Waals surface area contributed by atoms with E-state index in [4.69, 9.17) is 17.0 Å². The molecule has 0 radical (unpaired) electrons. The maximum atomic E-state index is 5.89. The Morgan fingerprint density at radius 1 is 1.37 bits per heavy atom. The standard InChI is InChI=1S/C13H16BrN3OS/c1-4-17-11(15-16-13(17)19)7-18-12-8(2)5-10(14)6-9(12)3/h5-6H,4,7H2,1-3H3,(H,16,19). The SMILES string of the molecule is CCn1c(COc2c(C)cc(Br)cc2C)n[nH]c1=S. The lowest BCUT2D eigenvalue weighted by atomic mass is 10.1. The normalized spacial score (nSPS) is 10.7. The zero-order valence-corrected chi connectivity index (χ0v) is 13.6. The second-order valence-corrected chi connectivity index (χ2v) is 5.65. The molecule has 0 saturated heterocycles. The van der Waals surface area contributed by atoms with Crippen LogP contribution in [0.4, 0.5) is 0 Å².